The Hall–Kier alpha value is -1.58. The summed E-state index contributed by atoms with van der Waals surface area (Å²) in [5, 5.41) is 0.782. The van der Waals surface area contributed by atoms with Crippen molar-refractivity contribution in [2.24, 2.45) is 0 Å². The van der Waals surface area contributed by atoms with Crippen molar-refractivity contribution in [1.82, 2.24) is 0 Å². The van der Waals surface area contributed by atoms with E-state index in [0.717, 1.165) is 31.8 Å². The van der Waals surface area contributed by atoms with E-state index >= 15 is 0 Å². The van der Waals surface area contributed by atoms with Crippen LogP contribution in [0, 0.1) is 12.7 Å². The molecule has 3 rings (SSSR count). The third-order valence-electron chi connectivity index (χ3n) is 3.50. The lowest BCUT2D eigenvalue weighted by Gasteiger charge is -2.12. The van der Waals surface area contributed by atoms with Crippen molar-refractivity contribution >= 4 is 33.0 Å². The lowest BCUT2D eigenvalue weighted by Crippen LogP contribution is -1.95. The maximum absolute atomic E-state index is 13.3. The van der Waals surface area contributed by atoms with Gasteiger partial charge in [-0.1, -0.05) is 12.1 Å². The molecule has 1 heterocycles. The van der Waals surface area contributed by atoms with Gasteiger partial charge >= 0.3 is 0 Å². The third-order valence-corrected chi connectivity index (χ3v) is 5.26. The lowest BCUT2D eigenvalue weighted by molar-refractivity contribution is 0.414. The zero-order valence-electron chi connectivity index (χ0n) is 11.7. The quantitative estimate of drug-likeness (QED) is 0.564. The van der Waals surface area contributed by atoms with E-state index in [9.17, 15) is 4.39 Å². The summed E-state index contributed by atoms with van der Waals surface area (Å²) in [5.41, 5.74) is 2.13. The highest BCUT2D eigenvalue weighted by atomic mass is 35.5. The molecule has 0 amide bonds. The highest BCUT2D eigenvalue weighted by Crippen LogP contribution is 2.39. The van der Waals surface area contributed by atoms with Crippen molar-refractivity contribution < 1.29 is 9.13 Å². The van der Waals surface area contributed by atoms with Crippen LogP contribution in [0.3, 0.4) is 0 Å². The minimum atomic E-state index is -0.239. The lowest BCUT2D eigenvalue weighted by atomic mass is 10.0. The SMILES string of the molecule is COc1ccc(C(Cl)c2cc3ccc(F)cc3s2)c(C)c1. The van der Waals surface area contributed by atoms with Gasteiger partial charge in [-0.2, -0.15) is 0 Å². The van der Waals surface area contributed by atoms with Gasteiger partial charge in [-0.3, -0.25) is 0 Å². The Kier molecular flexibility index (Phi) is 3.87. The number of halogens is 2. The number of ether oxygens (including phenoxy) is 1. The molecule has 1 aromatic heterocycles. The smallest absolute Gasteiger partial charge is 0.124 e. The van der Waals surface area contributed by atoms with Gasteiger partial charge in [0.15, 0.2) is 0 Å². The van der Waals surface area contributed by atoms with Gasteiger partial charge in [0.05, 0.1) is 12.5 Å². The van der Waals surface area contributed by atoms with Crippen molar-refractivity contribution in [3.05, 3.63) is 64.3 Å². The molecule has 0 saturated carbocycles. The molecule has 4 heteroatoms. The summed E-state index contributed by atoms with van der Waals surface area (Å²) in [4.78, 5) is 1.02. The zero-order valence-corrected chi connectivity index (χ0v) is 13.3. The number of aryl methyl sites for hydroxylation is 1. The summed E-state index contributed by atoms with van der Waals surface area (Å²) < 4.78 is 19.4. The predicted molar refractivity (Wildman–Crippen MR) is 87.2 cm³/mol. The molecule has 0 radical (unpaired) electrons. The topological polar surface area (TPSA) is 9.23 Å². The van der Waals surface area contributed by atoms with Gasteiger partial charge in [-0.05, 0) is 53.8 Å². The summed E-state index contributed by atoms with van der Waals surface area (Å²) in [6, 6.07) is 12.7. The van der Waals surface area contributed by atoms with Gasteiger partial charge < -0.3 is 4.74 Å². The van der Waals surface area contributed by atoms with Gasteiger partial charge in [-0.25, -0.2) is 4.39 Å². The van der Waals surface area contributed by atoms with Crippen LogP contribution in [0.5, 0.6) is 5.75 Å². The molecule has 1 unspecified atom stereocenters. The summed E-state index contributed by atoms with van der Waals surface area (Å²) >= 11 is 8.15. The Bertz CT molecular complexity index is 797. The molecule has 0 fully saturated rings. The van der Waals surface area contributed by atoms with E-state index in [1.165, 1.54) is 17.4 Å². The first-order chi connectivity index (χ1) is 10.1. The summed E-state index contributed by atoms with van der Waals surface area (Å²) in [7, 11) is 1.65. The molecule has 1 nitrogen and oxygen atoms in total. The van der Waals surface area contributed by atoms with Crippen LogP contribution in [0.2, 0.25) is 0 Å². The van der Waals surface area contributed by atoms with Crippen LogP contribution in [0.4, 0.5) is 4.39 Å². The molecule has 0 saturated heterocycles. The first kappa shape index (κ1) is 14.4. The number of alkyl halides is 1. The summed E-state index contributed by atoms with van der Waals surface area (Å²) in [6.07, 6.45) is 0. The van der Waals surface area contributed by atoms with E-state index in [2.05, 4.69) is 0 Å². The third kappa shape index (κ3) is 2.76. The molecule has 1 atom stereocenters. The summed E-state index contributed by atoms with van der Waals surface area (Å²) in [6.45, 7) is 2.01. The number of methoxy groups -OCH3 is 1. The van der Waals surface area contributed by atoms with Gasteiger partial charge in [0.2, 0.25) is 0 Å². The molecule has 0 aliphatic rings. The maximum atomic E-state index is 13.3. The van der Waals surface area contributed by atoms with Crippen LogP contribution >= 0.6 is 22.9 Å². The van der Waals surface area contributed by atoms with Crippen LogP contribution in [0.1, 0.15) is 21.4 Å². The van der Waals surface area contributed by atoms with E-state index in [0.29, 0.717) is 0 Å². The van der Waals surface area contributed by atoms with Gasteiger partial charge in [0.1, 0.15) is 11.6 Å². The Labute approximate surface area is 131 Å². The van der Waals surface area contributed by atoms with E-state index in [1.807, 2.05) is 31.2 Å². The van der Waals surface area contributed by atoms with Crippen LogP contribution in [-0.2, 0) is 0 Å². The molecule has 3 aromatic rings. The van der Waals surface area contributed by atoms with E-state index in [1.54, 1.807) is 19.2 Å². The molecule has 0 bridgehead atoms. The number of thiophene rings is 1. The number of fused-ring (bicyclic) bond motifs is 1. The van der Waals surface area contributed by atoms with E-state index in [-0.39, 0.29) is 11.2 Å². The largest absolute Gasteiger partial charge is 0.497 e. The van der Waals surface area contributed by atoms with Crippen LogP contribution in [0.15, 0.2) is 42.5 Å². The summed E-state index contributed by atoms with van der Waals surface area (Å²) in [5.74, 6) is 0.598. The minimum absolute atomic E-state index is 0.220. The highest BCUT2D eigenvalue weighted by molar-refractivity contribution is 7.19. The van der Waals surface area contributed by atoms with Crippen LogP contribution in [-0.4, -0.2) is 7.11 Å². The maximum Gasteiger partial charge on any atom is 0.124 e. The highest BCUT2D eigenvalue weighted by Gasteiger charge is 2.16. The minimum Gasteiger partial charge on any atom is -0.497 e. The molecule has 0 spiro atoms. The van der Waals surface area contributed by atoms with Crippen LogP contribution in [0.25, 0.3) is 10.1 Å². The van der Waals surface area contributed by atoms with Crippen molar-refractivity contribution in [2.75, 3.05) is 7.11 Å². The van der Waals surface area contributed by atoms with Gasteiger partial charge in [-0.15, -0.1) is 22.9 Å². The number of hydrogen-bond acceptors (Lipinski definition) is 2. The number of benzene rings is 2. The van der Waals surface area contributed by atoms with E-state index < -0.39 is 0 Å². The monoisotopic (exact) mass is 320 g/mol. The zero-order chi connectivity index (χ0) is 15.0. The normalized spacial score (nSPS) is 12.6. The molecule has 2 aromatic carbocycles. The molecule has 108 valence electrons. The van der Waals surface area contributed by atoms with Crippen molar-refractivity contribution in [2.45, 2.75) is 12.3 Å². The second-order valence-electron chi connectivity index (χ2n) is 4.92. The van der Waals surface area contributed by atoms with Crippen molar-refractivity contribution in [3.63, 3.8) is 0 Å². The Morgan fingerprint density at radius 3 is 2.67 bits per heavy atom. The van der Waals surface area contributed by atoms with Crippen molar-refractivity contribution in [3.8, 4) is 5.75 Å². The second kappa shape index (κ2) is 5.66. The molecule has 21 heavy (non-hydrogen) atoms. The van der Waals surface area contributed by atoms with Crippen molar-refractivity contribution in [1.29, 1.82) is 0 Å². The molecular weight excluding hydrogens is 307 g/mol. The molecule has 0 aliphatic heterocycles. The molecule has 0 N–H and O–H groups in total. The fourth-order valence-corrected chi connectivity index (χ4v) is 3.89. The molecule has 0 aliphatic carbocycles. The standard InChI is InChI=1S/C17H14ClFOS/c1-10-7-13(20-2)5-6-14(10)17(18)16-8-11-3-4-12(19)9-15(11)21-16/h3-9,17H,1-2H3. The Morgan fingerprint density at radius 1 is 1.14 bits per heavy atom. The fraction of sp³-hybridized carbons (Fsp3) is 0.176. The fourth-order valence-electron chi connectivity index (χ4n) is 2.36. The van der Waals surface area contributed by atoms with Gasteiger partial charge in [0, 0.05) is 9.58 Å². The number of hydrogen-bond donors (Lipinski definition) is 0. The van der Waals surface area contributed by atoms with E-state index in [4.69, 9.17) is 16.3 Å². The second-order valence-corrected chi connectivity index (χ2v) is 6.47. The average Bonchev–Trinajstić information content (AvgIpc) is 2.89. The Morgan fingerprint density at radius 2 is 1.95 bits per heavy atom. The van der Waals surface area contributed by atoms with Crippen LogP contribution < -0.4 is 4.74 Å². The average molecular weight is 321 g/mol. The molecular formula is C17H14ClFOS. The predicted octanol–water partition coefficient (Wildman–Crippen LogP) is 5.69. The first-order valence-electron chi connectivity index (χ1n) is 6.56. The van der Waals surface area contributed by atoms with Gasteiger partial charge in [0.25, 0.3) is 0 Å². The first-order valence-corrected chi connectivity index (χ1v) is 7.81. The number of rotatable bonds is 3. The Balaban J connectivity index is 2.01.